The molecule has 1 aromatic carbocycles. The number of terminal acetylenes is 1. The van der Waals surface area contributed by atoms with Crippen molar-refractivity contribution in [3.63, 3.8) is 0 Å². The third-order valence-corrected chi connectivity index (χ3v) is 2.15. The molecule has 0 saturated carbocycles. The summed E-state index contributed by atoms with van der Waals surface area (Å²) in [5, 5.41) is 8.77. The Labute approximate surface area is 99.2 Å². The van der Waals surface area contributed by atoms with Crippen LogP contribution in [0.25, 0.3) is 0 Å². The summed E-state index contributed by atoms with van der Waals surface area (Å²) >= 11 is 0. The Morgan fingerprint density at radius 2 is 2.18 bits per heavy atom. The largest absolute Gasteiger partial charge is 0.478 e. The van der Waals surface area contributed by atoms with Crippen LogP contribution in [0.15, 0.2) is 18.2 Å². The number of hydrogen-bond acceptors (Lipinski definition) is 2. The molecule has 0 heterocycles. The zero-order valence-corrected chi connectivity index (χ0v) is 9.66. The van der Waals surface area contributed by atoms with Crippen LogP contribution in [0, 0.1) is 18.2 Å². The Hall–Kier alpha value is -1.86. The van der Waals surface area contributed by atoms with Crippen LogP contribution in [0.2, 0.25) is 0 Å². The van der Waals surface area contributed by atoms with Crippen molar-refractivity contribution in [1.82, 2.24) is 0 Å². The number of carbonyl (C=O) groups is 1. The second-order valence-electron chi connectivity index (χ2n) is 4.10. The van der Waals surface area contributed by atoms with Gasteiger partial charge in [-0.05, 0) is 37.6 Å². The van der Waals surface area contributed by atoms with Crippen LogP contribution in [0.1, 0.15) is 29.8 Å². The van der Waals surface area contributed by atoms with E-state index < -0.39 is 17.4 Å². The maximum atomic E-state index is 13.1. The first-order valence-corrected chi connectivity index (χ1v) is 4.98. The fourth-order valence-corrected chi connectivity index (χ4v) is 1.16. The van der Waals surface area contributed by atoms with Gasteiger partial charge in [-0.3, -0.25) is 0 Å². The maximum Gasteiger partial charge on any atom is 0.335 e. The molecule has 1 aromatic rings. The highest BCUT2D eigenvalue weighted by molar-refractivity contribution is 5.87. The van der Waals surface area contributed by atoms with Gasteiger partial charge in [-0.15, -0.1) is 6.42 Å². The van der Waals surface area contributed by atoms with Gasteiger partial charge in [0.05, 0.1) is 12.2 Å². The molecule has 1 N–H and O–H groups in total. The molecule has 1 rings (SSSR count). The van der Waals surface area contributed by atoms with Gasteiger partial charge in [-0.1, -0.05) is 5.92 Å². The molecular formula is C13H13FO3. The lowest BCUT2D eigenvalue weighted by Gasteiger charge is -2.18. The number of carboxylic acid groups (broad SMARTS) is 1. The van der Waals surface area contributed by atoms with E-state index in [1.807, 2.05) is 0 Å². The molecule has 0 amide bonds. The minimum absolute atomic E-state index is 0.0647. The Morgan fingerprint density at radius 3 is 2.71 bits per heavy atom. The molecule has 0 aliphatic rings. The molecule has 0 radical (unpaired) electrons. The molecule has 0 spiro atoms. The van der Waals surface area contributed by atoms with E-state index in [1.54, 1.807) is 13.8 Å². The summed E-state index contributed by atoms with van der Waals surface area (Å²) in [6.07, 6.45) is 5.24. The molecule has 0 aliphatic heterocycles. The lowest BCUT2D eigenvalue weighted by Crippen LogP contribution is -2.21. The van der Waals surface area contributed by atoms with Crippen molar-refractivity contribution in [2.75, 3.05) is 0 Å². The van der Waals surface area contributed by atoms with Gasteiger partial charge in [0.1, 0.15) is 11.4 Å². The molecule has 3 nitrogen and oxygen atoms in total. The highest BCUT2D eigenvalue weighted by atomic mass is 19.1. The van der Waals surface area contributed by atoms with E-state index in [9.17, 15) is 9.18 Å². The lowest BCUT2D eigenvalue weighted by atomic mass is 10.1. The van der Waals surface area contributed by atoms with Crippen LogP contribution in [0.3, 0.4) is 0 Å². The first-order chi connectivity index (χ1) is 7.84. The van der Waals surface area contributed by atoms with Crippen molar-refractivity contribution in [1.29, 1.82) is 0 Å². The van der Waals surface area contributed by atoms with Crippen LogP contribution >= 0.6 is 0 Å². The summed E-state index contributed by atoms with van der Waals surface area (Å²) in [6, 6.07) is 3.54. The average molecular weight is 236 g/mol. The van der Waals surface area contributed by atoms with Crippen molar-refractivity contribution in [2.24, 2.45) is 0 Å². The van der Waals surface area contributed by atoms with E-state index in [0.29, 0.717) is 5.56 Å². The van der Waals surface area contributed by atoms with E-state index in [-0.39, 0.29) is 12.2 Å². The van der Waals surface area contributed by atoms with Gasteiger partial charge in [0.25, 0.3) is 0 Å². The van der Waals surface area contributed by atoms with Crippen LogP contribution < -0.4 is 0 Å². The quantitative estimate of drug-likeness (QED) is 0.817. The Kier molecular flexibility index (Phi) is 3.87. The third kappa shape index (κ3) is 3.89. The standard InChI is InChI=1S/C13H13FO3/c1-4-13(2,3)17-8-9-5-10(12(15)16)7-11(14)6-9/h1,5-7H,8H2,2-3H3,(H,15,16). The van der Waals surface area contributed by atoms with Crippen molar-refractivity contribution in [3.05, 3.63) is 35.1 Å². The van der Waals surface area contributed by atoms with Crippen molar-refractivity contribution in [2.45, 2.75) is 26.1 Å². The number of carboxylic acids is 1. The van der Waals surface area contributed by atoms with E-state index >= 15 is 0 Å². The molecule has 0 saturated heterocycles. The highest BCUT2D eigenvalue weighted by Crippen LogP contribution is 2.15. The molecular weight excluding hydrogens is 223 g/mol. The minimum Gasteiger partial charge on any atom is -0.478 e. The monoisotopic (exact) mass is 236 g/mol. The topological polar surface area (TPSA) is 46.5 Å². The third-order valence-electron chi connectivity index (χ3n) is 2.15. The minimum atomic E-state index is -1.18. The predicted molar refractivity (Wildman–Crippen MR) is 61.1 cm³/mol. The Morgan fingerprint density at radius 1 is 1.53 bits per heavy atom. The first-order valence-electron chi connectivity index (χ1n) is 4.98. The molecule has 0 aliphatic carbocycles. The average Bonchev–Trinajstić information content (AvgIpc) is 2.26. The van der Waals surface area contributed by atoms with E-state index in [1.165, 1.54) is 12.1 Å². The van der Waals surface area contributed by atoms with E-state index in [0.717, 1.165) is 6.07 Å². The van der Waals surface area contributed by atoms with Crippen molar-refractivity contribution in [3.8, 4) is 12.3 Å². The van der Waals surface area contributed by atoms with Gasteiger partial charge in [0.2, 0.25) is 0 Å². The van der Waals surface area contributed by atoms with Crippen molar-refractivity contribution < 1.29 is 19.0 Å². The number of ether oxygens (including phenoxy) is 1. The number of hydrogen-bond donors (Lipinski definition) is 1. The molecule has 4 heteroatoms. The molecule has 0 fully saturated rings. The maximum absolute atomic E-state index is 13.1. The summed E-state index contributed by atoms with van der Waals surface area (Å²) in [5.74, 6) is 0.643. The van der Waals surface area contributed by atoms with Gasteiger partial charge < -0.3 is 9.84 Å². The van der Waals surface area contributed by atoms with Crippen LogP contribution in [-0.2, 0) is 11.3 Å². The number of rotatable bonds is 4. The number of halogens is 1. The number of benzene rings is 1. The van der Waals surface area contributed by atoms with Crippen molar-refractivity contribution >= 4 is 5.97 Å². The summed E-state index contributed by atoms with van der Waals surface area (Å²) in [7, 11) is 0. The second kappa shape index (κ2) is 4.98. The summed E-state index contributed by atoms with van der Waals surface area (Å²) < 4.78 is 18.5. The normalized spacial score (nSPS) is 10.9. The van der Waals surface area contributed by atoms with E-state index in [4.69, 9.17) is 16.3 Å². The first kappa shape index (κ1) is 13.2. The van der Waals surface area contributed by atoms with Gasteiger partial charge in [0.15, 0.2) is 0 Å². The second-order valence-corrected chi connectivity index (χ2v) is 4.10. The van der Waals surface area contributed by atoms with E-state index in [2.05, 4.69) is 5.92 Å². The fourth-order valence-electron chi connectivity index (χ4n) is 1.16. The molecule has 0 atom stereocenters. The fraction of sp³-hybridized carbons (Fsp3) is 0.308. The summed E-state index contributed by atoms with van der Waals surface area (Å²) in [5.41, 5.74) is -0.441. The Balaban J connectivity index is 2.86. The van der Waals surface area contributed by atoms with Gasteiger partial charge in [-0.25, -0.2) is 9.18 Å². The SMILES string of the molecule is C#CC(C)(C)OCc1cc(F)cc(C(=O)O)c1. The van der Waals surface area contributed by atoms with Crippen LogP contribution in [0.5, 0.6) is 0 Å². The van der Waals surface area contributed by atoms with Gasteiger partial charge in [0, 0.05) is 0 Å². The van der Waals surface area contributed by atoms with Gasteiger partial charge >= 0.3 is 5.97 Å². The molecule has 90 valence electrons. The zero-order valence-electron chi connectivity index (χ0n) is 9.66. The predicted octanol–water partition coefficient (Wildman–Crippen LogP) is 2.45. The molecule has 0 unspecified atom stereocenters. The number of aromatic carboxylic acids is 1. The lowest BCUT2D eigenvalue weighted by molar-refractivity contribution is 0.0144. The zero-order chi connectivity index (χ0) is 13.1. The smallest absolute Gasteiger partial charge is 0.335 e. The molecule has 17 heavy (non-hydrogen) atoms. The summed E-state index contributed by atoms with van der Waals surface area (Å²) in [4.78, 5) is 10.7. The van der Waals surface area contributed by atoms with Crippen LogP contribution in [-0.4, -0.2) is 16.7 Å². The van der Waals surface area contributed by atoms with Crippen LogP contribution in [0.4, 0.5) is 4.39 Å². The molecule has 0 bridgehead atoms. The van der Waals surface area contributed by atoms with Gasteiger partial charge in [-0.2, -0.15) is 0 Å². The highest BCUT2D eigenvalue weighted by Gasteiger charge is 2.15. The Bertz CT molecular complexity index is 472. The molecule has 0 aromatic heterocycles. The summed E-state index contributed by atoms with van der Waals surface area (Å²) in [6.45, 7) is 3.46.